The number of amides is 1. The molecule has 0 spiro atoms. The molecule has 3 atom stereocenters. The molecule has 0 saturated heterocycles. The van der Waals surface area contributed by atoms with Crippen LogP contribution in [0.5, 0.6) is 0 Å². The molecule has 2 saturated carbocycles. The number of rotatable bonds is 3. The molecule has 104 valence electrons. The largest absolute Gasteiger partial charge is 0.353 e. The molecule has 2 aliphatic rings. The van der Waals surface area contributed by atoms with Gasteiger partial charge < -0.3 is 11.1 Å². The maximum Gasteiger partial charge on any atom is 0.223 e. The molecular weight excluding hydrogens is 224 g/mol. The molecule has 18 heavy (non-hydrogen) atoms. The van der Waals surface area contributed by atoms with Crippen LogP contribution in [-0.2, 0) is 4.79 Å². The van der Waals surface area contributed by atoms with Gasteiger partial charge in [-0.3, -0.25) is 4.79 Å². The topological polar surface area (TPSA) is 55.1 Å². The average molecular weight is 252 g/mol. The van der Waals surface area contributed by atoms with Crippen LogP contribution in [0.15, 0.2) is 0 Å². The second kappa shape index (κ2) is 6.55. The minimum absolute atomic E-state index is 0.245. The highest BCUT2D eigenvalue weighted by molar-refractivity contribution is 5.78. The first-order chi connectivity index (χ1) is 8.66. The van der Waals surface area contributed by atoms with Gasteiger partial charge in [0, 0.05) is 18.0 Å². The predicted octanol–water partition coefficient (Wildman–Crippen LogP) is 2.59. The lowest BCUT2D eigenvalue weighted by atomic mass is 9.93. The van der Waals surface area contributed by atoms with Crippen molar-refractivity contribution in [2.24, 2.45) is 17.6 Å². The van der Waals surface area contributed by atoms with E-state index in [1.54, 1.807) is 0 Å². The van der Waals surface area contributed by atoms with Crippen molar-refractivity contribution in [1.82, 2.24) is 5.32 Å². The first kappa shape index (κ1) is 13.9. The van der Waals surface area contributed by atoms with E-state index in [9.17, 15) is 4.79 Å². The van der Waals surface area contributed by atoms with Gasteiger partial charge in [0.1, 0.15) is 0 Å². The van der Waals surface area contributed by atoms with Crippen LogP contribution in [0.3, 0.4) is 0 Å². The van der Waals surface area contributed by atoms with Crippen LogP contribution in [0.4, 0.5) is 0 Å². The first-order valence-corrected chi connectivity index (χ1v) is 7.72. The highest BCUT2D eigenvalue weighted by atomic mass is 16.1. The summed E-state index contributed by atoms with van der Waals surface area (Å²) in [6, 6.07) is 0.742. The number of nitrogens with one attached hydrogen (secondary N) is 1. The van der Waals surface area contributed by atoms with Crippen molar-refractivity contribution in [2.45, 2.75) is 76.8 Å². The Morgan fingerprint density at radius 2 is 1.78 bits per heavy atom. The Kier molecular flexibility index (Phi) is 5.04. The summed E-state index contributed by atoms with van der Waals surface area (Å²) in [5.74, 6) is 1.18. The van der Waals surface area contributed by atoms with E-state index < -0.39 is 0 Å². The van der Waals surface area contributed by atoms with E-state index in [2.05, 4.69) is 12.2 Å². The monoisotopic (exact) mass is 252 g/mol. The van der Waals surface area contributed by atoms with Gasteiger partial charge in [0.15, 0.2) is 0 Å². The van der Waals surface area contributed by atoms with Crippen molar-refractivity contribution in [3.05, 3.63) is 0 Å². The van der Waals surface area contributed by atoms with Crippen molar-refractivity contribution >= 4 is 5.91 Å². The highest BCUT2D eigenvalue weighted by Crippen LogP contribution is 2.29. The fraction of sp³-hybridized carbons (Fsp3) is 0.933. The molecule has 3 nitrogen and oxygen atoms in total. The Balaban J connectivity index is 1.79. The van der Waals surface area contributed by atoms with E-state index >= 15 is 0 Å². The summed E-state index contributed by atoms with van der Waals surface area (Å²) < 4.78 is 0. The predicted molar refractivity (Wildman–Crippen MR) is 74.1 cm³/mol. The van der Waals surface area contributed by atoms with Gasteiger partial charge in [-0.2, -0.15) is 0 Å². The third-order valence-corrected chi connectivity index (χ3v) is 4.83. The molecule has 2 rings (SSSR count). The molecule has 2 fully saturated rings. The maximum absolute atomic E-state index is 12.2. The number of hydrogen-bond acceptors (Lipinski definition) is 2. The van der Waals surface area contributed by atoms with E-state index in [1.165, 1.54) is 32.1 Å². The summed E-state index contributed by atoms with van der Waals surface area (Å²) in [5.41, 5.74) is 5.99. The fourth-order valence-corrected chi connectivity index (χ4v) is 3.51. The van der Waals surface area contributed by atoms with Crippen LogP contribution in [-0.4, -0.2) is 18.0 Å². The van der Waals surface area contributed by atoms with Crippen molar-refractivity contribution in [1.29, 1.82) is 0 Å². The average Bonchev–Trinajstić information content (AvgIpc) is 2.70. The second-order valence-corrected chi connectivity index (χ2v) is 6.31. The summed E-state index contributed by atoms with van der Waals surface area (Å²) in [7, 11) is 0. The van der Waals surface area contributed by atoms with Gasteiger partial charge in [0.25, 0.3) is 0 Å². The summed E-state index contributed by atoms with van der Waals surface area (Å²) in [6.07, 6.45) is 10.5. The van der Waals surface area contributed by atoms with Gasteiger partial charge in [0.2, 0.25) is 5.91 Å². The molecule has 0 aliphatic heterocycles. The van der Waals surface area contributed by atoms with E-state index in [4.69, 9.17) is 5.73 Å². The molecule has 0 aromatic rings. The smallest absolute Gasteiger partial charge is 0.223 e. The Morgan fingerprint density at radius 3 is 2.44 bits per heavy atom. The van der Waals surface area contributed by atoms with Crippen molar-refractivity contribution in [2.75, 3.05) is 0 Å². The van der Waals surface area contributed by atoms with E-state index in [0.29, 0.717) is 17.9 Å². The molecule has 3 heteroatoms. The molecule has 0 radical (unpaired) electrons. The molecule has 3 N–H and O–H groups in total. The van der Waals surface area contributed by atoms with E-state index in [0.717, 1.165) is 25.7 Å². The molecule has 2 aliphatic carbocycles. The van der Waals surface area contributed by atoms with Crippen molar-refractivity contribution in [3.63, 3.8) is 0 Å². The van der Waals surface area contributed by atoms with Crippen LogP contribution in [0.25, 0.3) is 0 Å². The molecule has 0 aromatic carbocycles. The van der Waals surface area contributed by atoms with Gasteiger partial charge in [0.05, 0.1) is 0 Å². The van der Waals surface area contributed by atoms with Gasteiger partial charge >= 0.3 is 0 Å². The SMILES string of the molecule is CC(N)C1CCCC(C(=O)NC2CCCC2)CC1. The normalized spacial score (nSPS) is 31.9. The standard InChI is InChI=1S/C15H28N2O/c1-11(16)12-5-4-6-13(10-9-12)15(18)17-14-7-2-3-8-14/h11-14H,2-10,16H2,1H3,(H,17,18). The zero-order valence-electron chi connectivity index (χ0n) is 11.7. The summed E-state index contributed by atoms with van der Waals surface area (Å²) >= 11 is 0. The van der Waals surface area contributed by atoms with Gasteiger partial charge in [-0.25, -0.2) is 0 Å². The Morgan fingerprint density at radius 1 is 1.06 bits per heavy atom. The summed E-state index contributed by atoms with van der Waals surface area (Å²) in [5, 5.41) is 3.25. The van der Waals surface area contributed by atoms with Gasteiger partial charge in [-0.05, 0) is 51.4 Å². The van der Waals surface area contributed by atoms with Crippen LogP contribution >= 0.6 is 0 Å². The lowest BCUT2D eigenvalue weighted by molar-refractivity contribution is -0.126. The lowest BCUT2D eigenvalue weighted by Crippen LogP contribution is -2.37. The van der Waals surface area contributed by atoms with Gasteiger partial charge in [-0.1, -0.05) is 19.3 Å². The molecule has 3 unspecified atom stereocenters. The highest BCUT2D eigenvalue weighted by Gasteiger charge is 2.27. The molecular formula is C15H28N2O. The zero-order chi connectivity index (χ0) is 13.0. The van der Waals surface area contributed by atoms with Crippen LogP contribution in [0, 0.1) is 11.8 Å². The Hall–Kier alpha value is -0.570. The molecule has 0 bridgehead atoms. The van der Waals surface area contributed by atoms with Crippen LogP contribution in [0.1, 0.15) is 64.7 Å². The number of carbonyl (C=O) groups is 1. The quantitative estimate of drug-likeness (QED) is 0.759. The Bertz CT molecular complexity index is 272. The first-order valence-electron chi connectivity index (χ1n) is 7.72. The lowest BCUT2D eigenvalue weighted by Gasteiger charge is -2.19. The van der Waals surface area contributed by atoms with Gasteiger partial charge in [-0.15, -0.1) is 0 Å². The Labute approximate surface area is 111 Å². The summed E-state index contributed by atoms with van der Waals surface area (Å²) in [4.78, 5) is 12.2. The number of nitrogens with two attached hydrogens (primary N) is 1. The molecule has 0 heterocycles. The van der Waals surface area contributed by atoms with Crippen LogP contribution < -0.4 is 11.1 Å². The minimum Gasteiger partial charge on any atom is -0.353 e. The zero-order valence-corrected chi connectivity index (χ0v) is 11.7. The van der Waals surface area contributed by atoms with E-state index in [1.807, 2.05) is 0 Å². The van der Waals surface area contributed by atoms with Crippen molar-refractivity contribution < 1.29 is 4.79 Å². The van der Waals surface area contributed by atoms with Crippen molar-refractivity contribution in [3.8, 4) is 0 Å². The van der Waals surface area contributed by atoms with E-state index in [-0.39, 0.29) is 12.0 Å². The third-order valence-electron chi connectivity index (χ3n) is 4.83. The fourth-order valence-electron chi connectivity index (χ4n) is 3.51. The summed E-state index contributed by atoms with van der Waals surface area (Å²) in [6.45, 7) is 2.10. The number of hydrogen-bond donors (Lipinski definition) is 2. The minimum atomic E-state index is 0.245. The maximum atomic E-state index is 12.2. The number of carbonyl (C=O) groups excluding carboxylic acids is 1. The second-order valence-electron chi connectivity index (χ2n) is 6.31. The van der Waals surface area contributed by atoms with Crippen LogP contribution in [0.2, 0.25) is 0 Å². The molecule has 0 aromatic heterocycles. The third kappa shape index (κ3) is 3.71. The molecule has 1 amide bonds.